The number of hydrogen-bond acceptors (Lipinski definition) is 4. The molecule has 0 atom stereocenters. The summed E-state index contributed by atoms with van der Waals surface area (Å²) in [7, 11) is 0. The maximum absolute atomic E-state index is 9.06. The van der Waals surface area contributed by atoms with Crippen LogP contribution in [0.1, 0.15) is 12.5 Å². The van der Waals surface area contributed by atoms with E-state index in [0.717, 1.165) is 34.4 Å². The van der Waals surface area contributed by atoms with E-state index in [1.54, 1.807) is 16.8 Å². The van der Waals surface area contributed by atoms with Crippen molar-refractivity contribution in [3.05, 3.63) is 60.8 Å². The third kappa shape index (κ3) is 2.32. The van der Waals surface area contributed by atoms with E-state index in [1.165, 1.54) is 0 Å². The van der Waals surface area contributed by atoms with Gasteiger partial charge in [0.2, 0.25) is 0 Å². The van der Waals surface area contributed by atoms with Crippen molar-refractivity contribution in [3.63, 3.8) is 0 Å². The fourth-order valence-corrected chi connectivity index (χ4v) is 2.67. The highest BCUT2D eigenvalue weighted by atomic mass is 15.3. The van der Waals surface area contributed by atoms with Crippen LogP contribution in [0.2, 0.25) is 0 Å². The van der Waals surface area contributed by atoms with Gasteiger partial charge in [0.05, 0.1) is 24.0 Å². The highest BCUT2D eigenvalue weighted by Crippen LogP contribution is 2.26. The number of nitrogens with zero attached hydrogens (tertiary/aromatic N) is 6. The molecule has 6 heteroatoms. The third-order valence-electron chi connectivity index (χ3n) is 3.95. The number of hydrogen-bond donors (Lipinski definition) is 0. The second-order valence-electron chi connectivity index (χ2n) is 5.45. The number of benzene rings is 1. The van der Waals surface area contributed by atoms with Gasteiger partial charge < -0.3 is 0 Å². The zero-order valence-corrected chi connectivity index (χ0v) is 13.1. The zero-order chi connectivity index (χ0) is 16.5. The number of aromatic nitrogens is 5. The average molecular weight is 314 g/mol. The molecule has 0 bridgehead atoms. The summed E-state index contributed by atoms with van der Waals surface area (Å²) in [5, 5.41) is 17.8. The Bertz CT molecular complexity index is 1070. The maximum Gasteiger partial charge on any atom is 0.162 e. The van der Waals surface area contributed by atoms with Crippen LogP contribution in [0.15, 0.2) is 55.2 Å². The number of nitriles is 1. The first-order valence-electron chi connectivity index (χ1n) is 7.65. The Morgan fingerprint density at radius 2 is 1.92 bits per heavy atom. The molecule has 0 N–H and O–H groups in total. The van der Waals surface area contributed by atoms with Crippen LogP contribution in [0.5, 0.6) is 0 Å². The molecule has 0 aliphatic heterocycles. The van der Waals surface area contributed by atoms with E-state index in [9.17, 15) is 0 Å². The molecule has 0 saturated carbocycles. The third-order valence-corrected chi connectivity index (χ3v) is 3.95. The number of fused-ring (bicyclic) bond motifs is 1. The summed E-state index contributed by atoms with van der Waals surface area (Å²) in [6.07, 6.45) is 9.36. The largest absolute Gasteiger partial charge is 0.272 e. The predicted molar refractivity (Wildman–Crippen MR) is 90.0 cm³/mol. The lowest BCUT2D eigenvalue weighted by Crippen LogP contribution is -1.93. The minimum atomic E-state index is 0.621. The van der Waals surface area contributed by atoms with Crippen LogP contribution < -0.4 is 0 Å². The molecule has 6 nitrogen and oxygen atoms in total. The predicted octanol–water partition coefficient (Wildman–Crippen LogP) is 3.15. The normalized spacial score (nSPS) is 10.8. The molecule has 0 aliphatic carbocycles. The van der Waals surface area contributed by atoms with Crippen molar-refractivity contribution in [1.82, 2.24) is 24.4 Å². The highest BCUT2D eigenvalue weighted by Gasteiger charge is 2.10. The van der Waals surface area contributed by atoms with Gasteiger partial charge >= 0.3 is 0 Å². The topological polar surface area (TPSA) is 71.8 Å². The minimum Gasteiger partial charge on any atom is -0.272 e. The first-order valence-corrected chi connectivity index (χ1v) is 7.65. The summed E-state index contributed by atoms with van der Waals surface area (Å²) in [5.41, 5.74) is 5.19. The van der Waals surface area contributed by atoms with Crippen LogP contribution in [-0.2, 0) is 6.54 Å². The van der Waals surface area contributed by atoms with Gasteiger partial charge in [0.1, 0.15) is 0 Å². The van der Waals surface area contributed by atoms with Crippen LogP contribution >= 0.6 is 0 Å². The summed E-state index contributed by atoms with van der Waals surface area (Å²) >= 11 is 0. The summed E-state index contributed by atoms with van der Waals surface area (Å²) in [6, 6.07) is 9.61. The van der Waals surface area contributed by atoms with E-state index in [-0.39, 0.29) is 0 Å². The summed E-state index contributed by atoms with van der Waals surface area (Å²) < 4.78 is 3.63. The second kappa shape index (κ2) is 5.63. The van der Waals surface area contributed by atoms with Crippen LogP contribution in [0.25, 0.3) is 27.9 Å². The first kappa shape index (κ1) is 14.2. The van der Waals surface area contributed by atoms with Crippen LogP contribution in [0.3, 0.4) is 0 Å². The van der Waals surface area contributed by atoms with Crippen LogP contribution in [0, 0.1) is 11.3 Å². The molecular weight excluding hydrogens is 300 g/mol. The standard InChI is InChI=1S/C18H14N6/c1-2-23-11-16(9-21-23)15-8-20-18-17(10-22-24(18)12-15)14-5-3-4-13(6-14)7-19/h3-6,8-12H,2H2,1H3. The molecule has 116 valence electrons. The van der Waals surface area contributed by atoms with Crippen molar-refractivity contribution in [3.8, 4) is 28.3 Å². The molecule has 4 rings (SSSR count). The molecule has 0 unspecified atom stereocenters. The number of rotatable bonds is 3. The van der Waals surface area contributed by atoms with Crippen molar-refractivity contribution in [2.24, 2.45) is 0 Å². The van der Waals surface area contributed by atoms with Gasteiger partial charge in [-0.05, 0) is 24.6 Å². The molecule has 0 saturated heterocycles. The fraction of sp³-hybridized carbons (Fsp3) is 0.111. The summed E-state index contributed by atoms with van der Waals surface area (Å²) in [5.74, 6) is 0. The van der Waals surface area contributed by atoms with Gasteiger partial charge in [-0.1, -0.05) is 12.1 Å². The van der Waals surface area contributed by atoms with E-state index >= 15 is 0 Å². The van der Waals surface area contributed by atoms with Gasteiger partial charge in [0.25, 0.3) is 0 Å². The lowest BCUT2D eigenvalue weighted by Gasteiger charge is -2.01. The van der Waals surface area contributed by atoms with Gasteiger partial charge in [-0.2, -0.15) is 15.5 Å². The Labute approximate surface area is 138 Å². The Morgan fingerprint density at radius 3 is 2.71 bits per heavy atom. The summed E-state index contributed by atoms with van der Waals surface area (Å²) in [4.78, 5) is 4.56. The van der Waals surface area contributed by atoms with Crippen LogP contribution in [-0.4, -0.2) is 24.4 Å². The molecule has 0 amide bonds. The monoisotopic (exact) mass is 314 g/mol. The van der Waals surface area contributed by atoms with E-state index in [1.807, 2.05) is 54.6 Å². The van der Waals surface area contributed by atoms with E-state index in [0.29, 0.717) is 5.56 Å². The van der Waals surface area contributed by atoms with Crippen molar-refractivity contribution in [2.45, 2.75) is 13.5 Å². The molecule has 3 heterocycles. The Hall–Kier alpha value is -3.46. The van der Waals surface area contributed by atoms with Crippen molar-refractivity contribution in [2.75, 3.05) is 0 Å². The molecule has 0 fully saturated rings. The lowest BCUT2D eigenvalue weighted by molar-refractivity contribution is 0.660. The summed E-state index contributed by atoms with van der Waals surface area (Å²) in [6.45, 7) is 2.88. The SMILES string of the molecule is CCn1cc(-c2cnc3c(-c4cccc(C#N)c4)cnn3c2)cn1. The molecular formula is C18H14N6. The smallest absolute Gasteiger partial charge is 0.162 e. The van der Waals surface area contributed by atoms with Gasteiger partial charge in [-0.3, -0.25) is 4.68 Å². The van der Waals surface area contributed by atoms with Crippen molar-refractivity contribution >= 4 is 5.65 Å². The van der Waals surface area contributed by atoms with Gasteiger partial charge in [0.15, 0.2) is 5.65 Å². The second-order valence-corrected chi connectivity index (χ2v) is 5.45. The molecule has 3 aromatic heterocycles. The van der Waals surface area contributed by atoms with E-state index in [2.05, 4.69) is 21.3 Å². The molecule has 1 aromatic carbocycles. The lowest BCUT2D eigenvalue weighted by atomic mass is 10.1. The van der Waals surface area contributed by atoms with E-state index < -0.39 is 0 Å². The van der Waals surface area contributed by atoms with Crippen molar-refractivity contribution < 1.29 is 0 Å². The van der Waals surface area contributed by atoms with E-state index in [4.69, 9.17) is 5.26 Å². The minimum absolute atomic E-state index is 0.621. The van der Waals surface area contributed by atoms with Gasteiger partial charge in [0, 0.05) is 41.8 Å². The number of aryl methyl sites for hydroxylation is 1. The molecule has 0 aliphatic rings. The highest BCUT2D eigenvalue weighted by molar-refractivity contribution is 5.78. The molecule has 0 radical (unpaired) electrons. The van der Waals surface area contributed by atoms with Gasteiger partial charge in [-0.15, -0.1) is 0 Å². The Kier molecular flexibility index (Phi) is 3.32. The Balaban J connectivity index is 1.79. The van der Waals surface area contributed by atoms with Crippen LogP contribution in [0.4, 0.5) is 0 Å². The van der Waals surface area contributed by atoms with Crippen molar-refractivity contribution in [1.29, 1.82) is 5.26 Å². The zero-order valence-electron chi connectivity index (χ0n) is 13.1. The fourth-order valence-electron chi connectivity index (χ4n) is 2.67. The first-order chi connectivity index (χ1) is 11.8. The average Bonchev–Trinajstić information content (AvgIpc) is 3.28. The molecule has 24 heavy (non-hydrogen) atoms. The Morgan fingerprint density at radius 1 is 1.04 bits per heavy atom. The quantitative estimate of drug-likeness (QED) is 0.582. The maximum atomic E-state index is 9.06. The molecule has 4 aromatic rings. The van der Waals surface area contributed by atoms with Gasteiger partial charge in [-0.25, -0.2) is 9.50 Å². The molecule has 0 spiro atoms.